The van der Waals surface area contributed by atoms with Gasteiger partial charge in [0.1, 0.15) is 5.69 Å². The highest BCUT2D eigenvalue weighted by Crippen LogP contribution is 2.27. The lowest BCUT2D eigenvalue weighted by atomic mass is 10.2. The summed E-state index contributed by atoms with van der Waals surface area (Å²) >= 11 is 4.77. The molecule has 1 aromatic rings. The maximum atomic E-state index is 11.4. The predicted octanol–water partition coefficient (Wildman–Crippen LogP) is 1.05. The second-order valence-electron chi connectivity index (χ2n) is 3.78. The first-order valence-electron chi connectivity index (χ1n) is 5.29. The number of carbonyl (C=O) groups is 1. The molecule has 2 N–H and O–H groups in total. The third kappa shape index (κ3) is 4.65. The molecule has 0 saturated heterocycles. The van der Waals surface area contributed by atoms with Crippen LogP contribution in [0.2, 0.25) is 0 Å². The summed E-state index contributed by atoms with van der Waals surface area (Å²) < 4.78 is 27.1. The summed E-state index contributed by atoms with van der Waals surface area (Å²) in [7, 11) is -2.46. The number of anilines is 1. The van der Waals surface area contributed by atoms with Gasteiger partial charge in [-0.1, -0.05) is 0 Å². The van der Waals surface area contributed by atoms with Crippen LogP contribution in [0, 0.1) is 10.1 Å². The fourth-order valence-electron chi connectivity index (χ4n) is 1.30. The molecule has 11 heteroatoms. The maximum Gasteiger partial charge on any atom is 0.413 e. The first-order valence-corrected chi connectivity index (χ1v) is 7.59. The molecule has 1 rings (SSSR count). The highest BCUT2D eigenvalue weighted by molar-refractivity contribution is 7.90. The first-order chi connectivity index (χ1) is 9.65. The van der Waals surface area contributed by atoms with Crippen molar-refractivity contribution in [2.75, 3.05) is 18.7 Å². The number of benzene rings is 1. The largest absolute Gasteiger partial charge is 0.453 e. The van der Waals surface area contributed by atoms with Gasteiger partial charge in [-0.3, -0.25) is 15.4 Å². The number of thiocarbonyl (C=S) groups is 1. The van der Waals surface area contributed by atoms with E-state index in [1.807, 2.05) is 0 Å². The van der Waals surface area contributed by atoms with E-state index in [0.29, 0.717) is 0 Å². The van der Waals surface area contributed by atoms with Crippen LogP contribution in [0.3, 0.4) is 0 Å². The third-order valence-electron chi connectivity index (χ3n) is 2.24. The summed E-state index contributed by atoms with van der Waals surface area (Å²) in [5.41, 5.74) is -0.555. The van der Waals surface area contributed by atoms with E-state index in [1.165, 1.54) is 12.1 Å². The Morgan fingerprint density at radius 3 is 2.52 bits per heavy atom. The molecule has 1 amide bonds. The van der Waals surface area contributed by atoms with Crippen molar-refractivity contribution in [2.24, 2.45) is 0 Å². The molecule has 0 heterocycles. The van der Waals surface area contributed by atoms with Crippen LogP contribution < -0.4 is 10.6 Å². The van der Waals surface area contributed by atoms with Crippen molar-refractivity contribution in [3.8, 4) is 0 Å². The molecule has 114 valence electrons. The van der Waals surface area contributed by atoms with Gasteiger partial charge < -0.3 is 10.1 Å². The van der Waals surface area contributed by atoms with Crippen LogP contribution >= 0.6 is 12.2 Å². The molecule has 0 aliphatic heterocycles. The molecule has 0 atom stereocenters. The van der Waals surface area contributed by atoms with E-state index in [4.69, 9.17) is 12.2 Å². The average molecular weight is 333 g/mol. The molecule has 9 nitrogen and oxygen atoms in total. The van der Waals surface area contributed by atoms with E-state index in [0.717, 1.165) is 19.4 Å². The smallest absolute Gasteiger partial charge is 0.413 e. The minimum absolute atomic E-state index is 0.0613. The normalized spacial score (nSPS) is 10.6. The number of rotatable bonds is 3. The molecule has 0 aromatic heterocycles. The SMILES string of the molecule is COC(=O)NC(=S)Nc1ccc(S(C)(=O)=O)cc1[N+](=O)[O-]. The minimum atomic E-state index is -3.58. The average Bonchev–Trinajstić information content (AvgIpc) is 2.37. The summed E-state index contributed by atoms with van der Waals surface area (Å²) in [5, 5.41) is 15.3. The Bertz CT molecular complexity index is 701. The number of hydrogen-bond acceptors (Lipinski definition) is 7. The summed E-state index contributed by atoms with van der Waals surface area (Å²) in [6.45, 7) is 0. The number of amides is 1. The molecular formula is C10H11N3O6S2. The Balaban J connectivity index is 3.11. The second-order valence-corrected chi connectivity index (χ2v) is 6.20. The fourth-order valence-corrected chi connectivity index (χ4v) is 2.13. The molecule has 0 aliphatic carbocycles. The highest BCUT2D eigenvalue weighted by Gasteiger charge is 2.19. The molecule has 0 aliphatic rings. The molecule has 0 saturated carbocycles. The molecule has 21 heavy (non-hydrogen) atoms. The molecule has 0 unspecified atom stereocenters. The van der Waals surface area contributed by atoms with Crippen molar-refractivity contribution in [3.63, 3.8) is 0 Å². The molecule has 0 radical (unpaired) electrons. The van der Waals surface area contributed by atoms with Crippen LogP contribution in [0.4, 0.5) is 16.2 Å². The molecule has 0 bridgehead atoms. The Morgan fingerprint density at radius 1 is 1.43 bits per heavy atom. The van der Waals surface area contributed by atoms with Crippen molar-refractivity contribution in [3.05, 3.63) is 28.3 Å². The van der Waals surface area contributed by atoms with Crippen molar-refractivity contribution in [2.45, 2.75) is 4.90 Å². The Hall–Kier alpha value is -2.27. The minimum Gasteiger partial charge on any atom is -0.453 e. The number of nitro groups is 1. The number of sulfone groups is 1. The number of carbonyl (C=O) groups excluding carboxylic acids is 1. The number of nitrogens with zero attached hydrogens (tertiary/aromatic N) is 1. The van der Waals surface area contributed by atoms with Gasteiger partial charge in [0.15, 0.2) is 14.9 Å². The van der Waals surface area contributed by atoms with Crippen molar-refractivity contribution in [1.82, 2.24) is 5.32 Å². The van der Waals surface area contributed by atoms with E-state index in [9.17, 15) is 23.3 Å². The standard InChI is InChI=1S/C10H11N3O6S2/c1-19-10(14)12-9(20)11-7-4-3-6(21(2,17)18)5-8(7)13(15)16/h3-5H,1-2H3,(H2,11,12,14,20). The van der Waals surface area contributed by atoms with Gasteiger partial charge in [0.05, 0.1) is 16.9 Å². The number of alkyl carbamates (subject to hydrolysis) is 1. The fraction of sp³-hybridized carbons (Fsp3) is 0.200. The Kier molecular flexibility index (Phi) is 5.16. The lowest BCUT2D eigenvalue weighted by Gasteiger charge is -2.09. The van der Waals surface area contributed by atoms with Crippen LogP contribution in [0.25, 0.3) is 0 Å². The van der Waals surface area contributed by atoms with Gasteiger partial charge in [0.2, 0.25) is 0 Å². The van der Waals surface area contributed by atoms with Crippen molar-refractivity contribution >= 4 is 44.6 Å². The lowest BCUT2D eigenvalue weighted by molar-refractivity contribution is -0.384. The van der Waals surface area contributed by atoms with Crippen molar-refractivity contribution < 1.29 is 22.9 Å². The van der Waals surface area contributed by atoms with E-state index in [1.54, 1.807) is 0 Å². The van der Waals surface area contributed by atoms with Crippen LogP contribution in [0.15, 0.2) is 23.1 Å². The van der Waals surface area contributed by atoms with Gasteiger partial charge >= 0.3 is 6.09 Å². The Labute approximate surface area is 125 Å². The maximum absolute atomic E-state index is 11.4. The molecule has 0 fully saturated rings. The van der Waals surface area contributed by atoms with Crippen LogP contribution in [-0.4, -0.2) is 37.9 Å². The van der Waals surface area contributed by atoms with E-state index in [2.05, 4.69) is 15.4 Å². The predicted molar refractivity (Wildman–Crippen MR) is 78.0 cm³/mol. The van der Waals surface area contributed by atoms with Crippen molar-refractivity contribution in [1.29, 1.82) is 0 Å². The number of nitro benzene ring substituents is 1. The highest BCUT2D eigenvalue weighted by atomic mass is 32.2. The van der Waals surface area contributed by atoms with E-state index in [-0.39, 0.29) is 15.7 Å². The molecule has 0 spiro atoms. The quantitative estimate of drug-likeness (QED) is 0.477. The number of hydrogen-bond donors (Lipinski definition) is 2. The van der Waals surface area contributed by atoms with Crippen LogP contribution in [0.5, 0.6) is 0 Å². The monoisotopic (exact) mass is 333 g/mol. The van der Waals surface area contributed by atoms with Gasteiger partial charge in [0, 0.05) is 12.3 Å². The lowest BCUT2D eigenvalue weighted by Crippen LogP contribution is -2.34. The zero-order chi connectivity index (χ0) is 16.2. The topological polar surface area (TPSA) is 128 Å². The van der Waals surface area contributed by atoms with Crippen LogP contribution in [-0.2, 0) is 14.6 Å². The van der Waals surface area contributed by atoms with E-state index >= 15 is 0 Å². The number of ether oxygens (including phenoxy) is 1. The first kappa shape index (κ1) is 16.8. The Morgan fingerprint density at radius 2 is 2.05 bits per heavy atom. The summed E-state index contributed by atoms with van der Waals surface area (Å²) in [6, 6.07) is 3.27. The summed E-state index contributed by atoms with van der Waals surface area (Å²) in [4.78, 5) is 21.0. The zero-order valence-electron chi connectivity index (χ0n) is 10.9. The van der Waals surface area contributed by atoms with Gasteiger partial charge in [-0.15, -0.1) is 0 Å². The van der Waals surface area contributed by atoms with Gasteiger partial charge in [0.25, 0.3) is 5.69 Å². The van der Waals surface area contributed by atoms with Crippen LogP contribution in [0.1, 0.15) is 0 Å². The second kappa shape index (κ2) is 6.45. The van der Waals surface area contributed by atoms with Gasteiger partial charge in [-0.2, -0.15) is 0 Å². The van der Waals surface area contributed by atoms with E-state index < -0.39 is 26.5 Å². The zero-order valence-corrected chi connectivity index (χ0v) is 12.6. The summed E-state index contributed by atoms with van der Waals surface area (Å²) in [6.07, 6.45) is 0.0886. The number of nitrogens with one attached hydrogen (secondary N) is 2. The summed E-state index contributed by atoms with van der Waals surface area (Å²) in [5.74, 6) is 0. The van der Waals surface area contributed by atoms with Gasteiger partial charge in [-0.05, 0) is 24.4 Å². The molecular weight excluding hydrogens is 322 g/mol. The van der Waals surface area contributed by atoms with Gasteiger partial charge in [-0.25, -0.2) is 13.2 Å². The third-order valence-corrected chi connectivity index (χ3v) is 3.56. The molecule has 1 aromatic carbocycles. The number of methoxy groups -OCH3 is 1.